The van der Waals surface area contributed by atoms with Gasteiger partial charge in [0.25, 0.3) is 11.8 Å². The Bertz CT molecular complexity index is 1320. The van der Waals surface area contributed by atoms with E-state index < -0.39 is 0 Å². The highest BCUT2D eigenvalue weighted by molar-refractivity contribution is 6.35. The van der Waals surface area contributed by atoms with E-state index in [-0.39, 0.29) is 11.8 Å². The van der Waals surface area contributed by atoms with Crippen molar-refractivity contribution >= 4 is 45.7 Å². The minimum atomic E-state index is -0.225. The first-order chi connectivity index (χ1) is 14.7. The highest BCUT2D eigenvalue weighted by Crippen LogP contribution is 2.35. The second-order valence-corrected chi connectivity index (χ2v) is 7.01. The first kappa shape index (κ1) is 17.8. The van der Waals surface area contributed by atoms with Gasteiger partial charge in [0.1, 0.15) is 0 Å². The van der Waals surface area contributed by atoms with E-state index >= 15 is 0 Å². The van der Waals surface area contributed by atoms with E-state index in [1.54, 1.807) is 24.4 Å². The largest absolute Gasteiger partial charge is 0.322 e. The Morgan fingerprint density at radius 2 is 1.73 bits per heavy atom. The smallest absolute Gasteiger partial charge is 0.256 e. The van der Waals surface area contributed by atoms with Gasteiger partial charge >= 0.3 is 0 Å². The van der Waals surface area contributed by atoms with Gasteiger partial charge < -0.3 is 10.6 Å². The van der Waals surface area contributed by atoms with Crippen LogP contribution in [0.15, 0.2) is 85.1 Å². The highest BCUT2D eigenvalue weighted by atomic mass is 16.2. The number of carbonyl (C=O) groups excluding carboxylic acids is 2. The summed E-state index contributed by atoms with van der Waals surface area (Å²) in [6, 6.07) is 24.2. The standard InChI is InChI=1S/C25H17N3O2/c29-24(27-18-6-2-1-3-7-18)17-10-11-23-20(15-17)21(25(30)28-23)14-16-12-13-26-22-9-5-4-8-19(16)22/h1-15H,(H,27,29)(H,28,30). The van der Waals surface area contributed by atoms with Crippen LogP contribution in [-0.2, 0) is 4.79 Å². The molecule has 3 aromatic carbocycles. The number of fused-ring (bicyclic) bond motifs is 2. The second-order valence-electron chi connectivity index (χ2n) is 7.01. The lowest BCUT2D eigenvalue weighted by molar-refractivity contribution is -0.110. The van der Waals surface area contributed by atoms with E-state index in [9.17, 15) is 9.59 Å². The quantitative estimate of drug-likeness (QED) is 0.484. The molecule has 0 aliphatic carbocycles. The number of benzene rings is 3. The number of anilines is 2. The van der Waals surface area contributed by atoms with Gasteiger partial charge in [-0.05, 0) is 54.1 Å². The summed E-state index contributed by atoms with van der Waals surface area (Å²) < 4.78 is 0. The molecular weight excluding hydrogens is 374 g/mol. The molecule has 2 amide bonds. The number of hydrogen-bond donors (Lipinski definition) is 2. The summed E-state index contributed by atoms with van der Waals surface area (Å²) in [5.74, 6) is -0.413. The maximum Gasteiger partial charge on any atom is 0.256 e. The van der Waals surface area contributed by atoms with E-state index in [1.807, 2.05) is 66.7 Å². The maximum atomic E-state index is 12.7. The Labute approximate surface area is 173 Å². The van der Waals surface area contributed by atoms with Gasteiger partial charge in [-0.3, -0.25) is 14.6 Å². The Morgan fingerprint density at radius 1 is 0.933 bits per heavy atom. The zero-order chi connectivity index (χ0) is 20.5. The molecular formula is C25H17N3O2. The van der Waals surface area contributed by atoms with Crippen LogP contribution < -0.4 is 10.6 Å². The average molecular weight is 391 g/mol. The van der Waals surface area contributed by atoms with Gasteiger partial charge in [-0.15, -0.1) is 0 Å². The van der Waals surface area contributed by atoms with Crippen molar-refractivity contribution in [3.63, 3.8) is 0 Å². The average Bonchev–Trinajstić information content (AvgIpc) is 3.09. The van der Waals surface area contributed by atoms with Gasteiger partial charge in [-0.25, -0.2) is 0 Å². The van der Waals surface area contributed by atoms with Crippen LogP contribution in [0.3, 0.4) is 0 Å². The normalized spacial score (nSPS) is 13.9. The van der Waals surface area contributed by atoms with Crippen molar-refractivity contribution in [1.29, 1.82) is 0 Å². The molecule has 0 saturated carbocycles. The molecule has 1 aromatic heterocycles. The summed E-state index contributed by atoms with van der Waals surface area (Å²) in [7, 11) is 0. The Balaban J connectivity index is 1.54. The van der Waals surface area contributed by atoms with Crippen LogP contribution in [-0.4, -0.2) is 16.8 Å². The SMILES string of the molecule is O=C1Nc2ccc(C(=O)Nc3ccccc3)cc2C1=Cc1ccnc2ccccc12. The molecule has 0 unspecified atom stereocenters. The maximum absolute atomic E-state index is 12.7. The third-order valence-corrected chi connectivity index (χ3v) is 5.08. The molecule has 4 aromatic rings. The summed E-state index contributed by atoms with van der Waals surface area (Å²) >= 11 is 0. The zero-order valence-corrected chi connectivity index (χ0v) is 15.9. The van der Waals surface area contributed by atoms with Crippen LogP contribution in [0.5, 0.6) is 0 Å². The summed E-state index contributed by atoms with van der Waals surface area (Å²) in [5.41, 5.74) is 4.90. The molecule has 0 saturated heterocycles. The van der Waals surface area contributed by atoms with Gasteiger partial charge in [-0.1, -0.05) is 36.4 Å². The van der Waals surface area contributed by atoms with Gasteiger partial charge in [-0.2, -0.15) is 0 Å². The molecule has 0 radical (unpaired) electrons. The monoisotopic (exact) mass is 391 g/mol. The topological polar surface area (TPSA) is 71.1 Å². The summed E-state index contributed by atoms with van der Waals surface area (Å²) in [5, 5.41) is 6.72. The third kappa shape index (κ3) is 3.22. The Kier molecular flexibility index (Phi) is 4.33. The first-order valence-electron chi connectivity index (χ1n) is 9.57. The fourth-order valence-corrected chi connectivity index (χ4v) is 3.60. The van der Waals surface area contributed by atoms with Gasteiger partial charge in [0.05, 0.1) is 5.52 Å². The first-order valence-corrected chi connectivity index (χ1v) is 9.57. The number of carbonyl (C=O) groups is 2. The number of nitrogens with zero attached hydrogens (tertiary/aromatic N) is 1. The van der Waals surface area contributed by atoms with Crippen molar-refractivity contribution in [2.24, 2.45) is 0 Å². The Hall–Kier alpha value is -4.25. The zero-order valence-electron chi connectivity index (χ0n) is 15.9. The molecule has 30 heavy (non-hydrogen) atoms. The van der Waals surface area contributed by atoms with Crippen LogP contribution in [0, 0.1) is 0 Å². The molecule has 0 bridgehead atoms. The minimum Gasteiger partial charge on any atom is -0.322 e. The van der Waals surface area contributed by atoms with Crippen molar-refractivity contribution in [3.8, 4) is 0 Å². The molecule has 2 heterocycles. The van der Waals surface area contributed by atoms with E-state index in [0.717, 1.165) is 22.2 Å². The number of pyridine rings is 1. The van der Waals surface area contributed by atoms with Crippen molar-refractivity contribution in [2.45, 2.75) is 0 Å². The molecule has 0 atom stereocenters. The number of aromatic nitrogens is 1. The summed E-state index contributed by atoms with van der Waals surface area (Å²) in [4.78, 5) is 29.7. The van der Waals surface area contributed by atoms with Crippen molar-refractivity contribution in [1.82, 2.24) is 4.98 Å². The molecule has 0 fully saturated rings. The summed E-state index contributed by atoms with van der Waals surface area (Å²) in [6.45, 7) is 0. The fraction of sp³-hybridized carbons (Fsp3) is 0. The van der Waals surface area contributed by atoms with Crippen molar-refractivity contribution in [2.75, 3.05) is 10.6 Å². The Morgan fingerprint density at radius 3 is 2.60 bits per heavy atom. The summed E-state index contributed by atoms with van der Waals surface area (Å²) in [6.07, 6.45) is 3.58. The molecule has 2 N–H and O–H groups in total. The second kappa shape index (κ2) is 7.29. The lowest BCUT2D eigenvalue weighted by Crippen LogP contribution is -2.11. The molecule has 1 aliphatic heterocycles. The molecule has 5 heteroatoms. The molecule has 144 valence electrons. The van der Waals surface area contributed by atoms with Crippen molar-refractivity contribution < 1.29 is 9.59 Å². The van der Waals surface area contributed by atoms with E-state index in [1.165, 1.54) is 0 Å². The molecule has 5 rings (SSSR count). The van der Waals surface area contributed by atoms with Gasteiger partial charge in [0.15, 0.2) is 0 Å². The third-order valence-electron chi connectivity index (χ3n) is 5.08. The van der Waals surface area contributed by atoms with Crippen molar-refractivity contribution in [3.05, 3.63) is 102 Å². The lowest BCUT2D eigenvalue weighted by Gasteiger charge is -2.07. The van der Waals surface area contributed by atoms with E-state index in [0.29, 0.717) is 22.4 Å². The van der Waals surface area contributed by atoms with E-state index in [4.69, 9.17) is 0 Å². The lowest BCUT2D eigenvalue weighted by atomic mass is 10.00. The number of amides is 2. The molecule has 5 nitrogen and oxygen atoms in total. The number of nitrogens with one attached hydrogen (secondary N) is 2. The molecule has 0 spiro atoms. The predicted octanol–water partition coefficient (Wildman–Crippen LogP) is 4.98. The van der Waals surface area contributed by atoms with Crippen LogP contribution in [0.25, 0.3) is 22.6 Å². The number of hydrogen-bond acceptors (Lipinski definition) is 3. The number of para-hydroxylation sites is 2. The van der Waals surface area contributed by atoms with Crippen LogP contribution in [0.2, 0.25) is 0 Å². The van der Waals surface area contributed by atoms with Gasteiger partial charge in [0.2, 0.25) is 0 Å². The van der Waals surface area contributed by atoms with Crippen LogP contribution >= 0.6 is 0 Å². The molecule has 1 aliphatic rings. The number of rotatable bonds is 3. The minimum absolute atomic E-state index is 0.188. The predicted molar refractivity (Wildman–Crippen MR) is 119 cm³/mol. The fourth-order valence-electron chi connectivity index (χ4n) is 3.60. The van der Waals surface area contributed by atoms with Gasteiger partial charge in [0, 0.05) is 39.7 Å². The highest BCUT2D eigenvalue weighted by Gasteiger charge is 2.25. The van der Waals surface area contributed by atoms with E-state index in [2.05, 4.69) is 15.6 Å². The van der Waals surface area contributed by atoms with Crippen LogP contribution in [0.1, 0.15) is 21.5 Å². The van der Waals surface area contributed by atoms with Crippen LogP contribution in [0.4, 0.5) is 11.4 Å².